The van der Waals surface area contributed by atoms with Gasteiger partial charge in [-0.1, -0.05) is 54.2 Å². The van der Waals surface area contributed by atoms with Crippen molar-refractivity contribution < 1.29 is 13.9 Å². The van der Waals surface area contributed by atoms with E-state index in [0.29, 0.717) is 16.7 Å². The van der Waals surface area contributed by atoms with E-state index in [0.717, 1.165) is 22.4 Å². The van der Waals surface area contributed by atoms with Crippen LogP contribution in [0.25, 0.3) is 0 Å². The van der Waals surface area contributed by atoms with Crippen molar-refractivity contribution >= 4 is 23.4 Å². The SMILES string of the molecule is Cc1cccc(NC(=O)[C@@H]2Sc3nnc(COc4ccccc4)n3N[C@@H]2c2ccc(F)cc2)c1C. The number of amides is 1. The van der Waals surface area contributed by atoms with Gasteiger partial charge < -0.3 is 15.5 Å². The van der Waals surface area contributed by atoms with Crippen LogP contribution in [-0.4, -0.2) is 26.0 Å². The van der Waals surface area contributed by atoms with Gasteiger partial charge in [0.05, 0.1) is 6.04 Å². The zero-order valence-corrected chi connectivity index (χ0v) is 20.1. The van der Waals surface area contributed by atoms with Crippen molar-refractivity contribution in [2.75, 3.05) is 10.7 Å². The summed E-state index contributed by atoms with van der Waals surface area (Å²) in [5.74, 6) is 0.767. The molecule has 4 aromatic rings. The lowest BCUT2D eigenvalue weighted by Gasteiger charge is -2.33. The molecule has 5 rings (SSSR count). The predicted octanol–water partition coefficient (Wildman–Crippen LogP) is 5.01. The van der Waals surface area contributed by atoms with Crippen molar-refractivity contribution in [1.29, 1.82) is 0 Å². The van der Waals surface area contributed by atoms with Crippen LogP contribution in [-0.2, 0) is 11.4 Å². The number of hydrogen-bond acceptors (Lipinski definition) is 6. The van der Waals surface area contributed by atoms with Crippen molar-refractivity contribution in [1.82, 2.24) is 14.9 Å². The molecule has 0 saturated carbocycles. The summed E-state index contributed by atoms with van der Waals surface area (Å²) in [5, 5.41) is 11.6. The lowest BCUT2D eigenvalue weighted by atomic mass is 10.0. The lowest BCUT2D eigenvalue weighted by Crippen LogP contribution is -2.41. The number of hydrogen-bond donors (Lipinski definition) is 2. The van der Waals surface area contributed by atoms with Gasteiger partial charge in [0.1, 0.15) is 23.4 Å². The molecular formula is C26H24FN5O2S. The number of para-hydroxylation sites is 1. The summed E-state index contributed by atoms with van der Waals surface area (Å²) in [6, 6.07) is 20.9. The summed E-state index contributed by atoms with van der Waals surface area (Å²) >= 11 is 1.31. The number of thioether (sulfide) groups is 1. The Labute approximate surface area is 206 Å². The Morgan fingerprint density at radius 1 is 1.06 bits per heavy atom. The fourth-order valence-electron chi connectivity index (χ4n) is 3.87. The van der Waals surface area contributed by atoms with Crippen molar-refractivity contribution in [3.63, 3.8) is 0 Å². The Morgan fingerprint density at radius 3 is 2.60 bits per heavy atom. The third kappa shape index (κ3) is 4.85. The van der Waals surface area contributed by atoms with E-state index in [9.17, 15) is 9.18 Å². The summed E-state index contributed by atoms with van der Waals surface area (Å²) in [5.41, 5.74) is 7.01. The summed E-state index contributed by atoms with van der Waals surface area (Å²) in [7, 11) is 0. The highest BCUT2D eigenvalue weighted by molar-refractivity contribution is 8.00. The number of carbonyl (C=O) groups excluding carboxylic acids is 1. The van der Waals surface area contributed by atoms with Crippen molar-refractivity contribution in [3.05, 3.63) is 101 Å². The van der Waals surface area contributed by atoms with Gasteiger partial charge in [0, 0.05) is 5.69 Å². The minimum Gasteiger partial charge on any atom is -0.486 e. The number of halogens is 1. The molecule has 3 aromatic carbocycles. The summed E-state index contributed by atoms with van der Waals surface area (Å²) in [6.07, 6.45) is 0. The first-order valence-electron chi connectivity index (χ1n) is 11.2. The number of benzene rings is 3. The summed E-state index contributed by atoms with van der Waals surface area (Å²) < 4.78 is 21.2. The predicted molar refractivity (Wildman–Crippen MR) is 133 cm³/mol. The maximum absolute atomic E-state index is 13.6. The molecule has 0 saturated heterocycles. The number of anilines is 1. The average molecular weight is 490 g/mol. The molecular weight excluding hydrogens is 465 g/mol. The second kappa shape index (κ2) is 9.79. The first kappa shape index (κ1) is 22.9. The van der Waals surface area contributed by atoms with E-state index < -0.39 is 11.3 Å². The number of aromatic nitrogens is 3. The summed E-state index contributed by atoms with van der Waals surface area (Å²) in [4.78, 5) is 13.5. The molecule has 2 heterocycles. The normalized spacial score (nSPS) is 16.8. The minimum atomic E-state index is -0.569. The molecule has 1 aromatic heterocycles. The first-order chi connectivity index (χ1) is 17.0. The third-order valence-corrected chi connectivity index (χ3v) is 7.18. The number of fused-ring (bicyclic) bond motifs is 1. The molecule has 0 unspecified atom stereocenters. The molecule has 178 valence electrons. The number of ether oxygens (including phenoxy) is 1. The number of rotatable bonds is 6. The molecule has 0 spiro atoms. The van der Waals surface area contributed by atoms with E-state index >= 15 is 0 Å². The Kier molecular flexibility index (Phi) is 6.41. The molecule has 1 aliphatic heterocycles. The molecule has 0 aliphatic carbocycles. The van der Waals surface area contributed by atoms with E-state index in [1.54, 1.807) is 16.8 Å². The molecule has 35 heavy (non-hydrogen) atoms. The van der Waals surface area contributed by atoms with E-state index in [-0.39, 0.29) is 18.3 Å². The minimum absolute atomic E-state index is 0.179. The zero-order valence-electron chi connectivity index (χ0n) is 19.2. The van der Waals surface area contributed by atoms with Crippen LogP contribution in [0.4, 0.5) is 10.1 Å². The molecule has 7 nitrogen and oxygen atoms in total. The van der Waals surface area contributed by atoms with Crippen LogP contribution in [0.15, 0.2) is 78.0 Å². The monoisotopic (exact) mass is 489 g/mol. The second-order valence-corrected chi connectivity index (χ2v) is 9.38. The van der Waals surface area contributed by atoms with Crippen LogP contribution in [0.1, 0.15) is 28.6 Å². The van der Waals surface area contributed by atoms with Gasteiger partial charge in [0.25, 0.3) is 0 Å². The van der Waals surface area contributed by atoms with Gasteiger partial charge in [-0.05, 0) is 60.9 Å². The van der Waals surface area contributed by atoms with Gasteiger partial charge in [-0.25, -0.2) is 9.07 Å². The van der Waals surface area contributed by atoms with E-state index in [2.05, 4.69) is 20.9 Å². The molecule has 2 N–H and O–H groups in total. The number of nitrogens with one attached hydrogen (secondary N) is 2. The van der Waals surface area contributed by atoms with Gasteiger partial charge in [-0.3, -0.25) is 4.79 Å². The third-order valence-electron chi connectivity index (χ3n) is 5.96. The molecule has 0 bridgehead atoms. The van der Waals surface area contributed by atoms with E-state index in [1.165, 1.54) is 23.9 Å². The highest BCUT2D eigenvalue weighted by Crippen LogP contribution is 2.38. The van der Waals surface area contributed by atoms with Crippen LogP contribution in [0.3, 0.4) is 0 Å². The number of aryl methyl sites for hydroxylation is 1. The molecule has 0 radical (unpaired) electrons. The van der Waals surface area contributed by atoms with Crippen LogP contribution >= 0.6 is 11.8 Å². The van der Waals surface area contributed by atoms with Crippen molar-refractivity contribution in [2.24, 2.45) is 0 Å². The standard InChI is InChI=1S/C26H24FN5O2S/c1-16-7-6-10-21(17(16)2)28-25(33)24-23(18-11-13-19(27)14-12-18)31-32-22(29-30-26(32)35-24)15-34-20-8-4-3-5-9-20/h3-14,23-24,31H,15H2,1-2H3,(H,28,33)/t23-,24-/m1/s1. The maximum Gasteiger partial charge on any atom is 0.240 e. The molecule has 0 fully saturated rings. The van der Waals surface area contributed by atoms with Crippen LogP contribution in [0, 0.1) is 19.7 Å². The molecule has 9 heteroatoms. The van der Waals surface area contributed by atoms with Gasteiger partial charge in [-0.2, -0.15) is 0 Å². The highest BCUT2D eigenvalue weighted by Gasteiger charge is 2.38. The topological polar surface area (TPSA) is 81.1 Å². The summed E-state index contributed by atoms with van der Waals surface area (Å²) in [6.45, 7) is 4.18. The molecule has 2 atom stereocenters. The highest BCUT2D eigenvalue weighted by atomic mass is 32.2. The Bertz CT molecular complexity index is 1340. The van der Waals surface area contributed by atoms with Crippen molar-refractivity contribution in [3.8, 4) is 5.75 Å². The van der Waals surface area contributed by atoms with Crippen LogP contribution < -0.4 is 15.5 Å². The fourth-order valence-corrected chi connectivity index (χ4v) is 4.97. The number of nitrogens with zero attached hydrogens (tertiary/aromatic N) is 3. The maximum atomic E-state index is 13.6. The largest absolute Gasteiger partial charge is 0.486 e. The van der Waals surface area contributed by atoms with Crippen molar-refractivity contribution in [2.45, 2.75) is 36.9 Å². The lowest BCUT2D eigenvalue weighted by molar-refractivity contribution is -0.116. The van der Waals surface area contributed by atoms with Gasteiger partial charge in [0.15, 0.2) is 5.82 Å². The van der Waals surface area contributed by atoms with E-state index in [1.807, 2.05) is 62.4 Å². The number of carbonyl (C=O) groups is 1. The quantitative estimate of drug-likeness (QED) is 0.396. The molecule has 1 aliphatic rings. The fraction of sp³-hybridized carbons (Fsp3) is 0.192. The smallest absolute Gasteiger partial charge is 0.240 e. The van der Waals surface area contributed by atoms with Gasteiger partial charge in [-0.15, -0.1) is 10.2 Å². The Morgan fingerprint density at radius 2 is 1.83 bits per heavy atom. The second-order valence-electron chi connectivity index (χ2n) is 8.27. The molecule has 1 amide bonds. The Balaban J connectivity index is 1.43. The van der Waals surface area contributed by atoms with E-state index in [4.69, 9.17) is 4.74 Å². The Hall–Kier alpha value is -3.85. The first-order valence-corrected chi connectivity index (χ1v) is 12.1. The van der Waals surface area contributed by atoms with Gasteiger partial charge in [0.2, 0.25) is 11.1 Å². The zero-order chi connectivity index (χ0) is 24.4. The van der Waals surface area contributed by atoms with Crippen LogP contribution in [0.2, 0.25) is 0 Å². The van der Waals surface area contributed by atoms with Gasteiger partial charge >= 0.3 is 0 Å². The van der Waals surface area contributed by atoms with Crippen LogP contribution in [0.5, 0.6) is 5.75 Å². The average Bonchev–Trinajstić information content (AvgIpc) is 3.28.